The van der Waals surface area contributed by atoms with Gasteiger partial charge in [-0.1, -0.05) is 65.8 Å². The Balaban J connectivity index is 1.27. The van der Waals surface area contributed by atoms with Gasteiger partial charge in [-0.2, -0.15) is 0 Å². The van der Waals surface area contributed by atoms with Crippen LogP contribution < -0.4 is 5.32 Å². The van der Waals surface area contributed by atoms with E-state index in [-0.39, 0.29) is 17.8 Å². The molecular weight excluding hydrogens is 479 g/mol. The van der Waals surface area contributed by atoms with Gasteiger partial charge in [0.25, 0.3) is 0 Å². The van der Waals surface area contributed by atoms with E-state index in [2.05, 4.69) is 41.7 Å². The molecule has 0 radical (unpaired) electrons. The predicted octanol–water partition coefficient (Wildman–Crippen LogP) is 7.48. The summed E-state index contributed by atoms with van der Waals surface area (Å²) in [6, 6.07) is 23.3. The van der Waals surface area contributed by atoms with Crippen molar-refractivity contribution < 1.29 is 18.4 Å². The molecule has 4 aromatic rings. The Hall–Kier alpha value is -3.93. The Morgan fingerprint density at radius 3 is 2.34 bits per heavy atom. The van der Waals surface area contributed by atoms with Crippen LogP contribution in [-0.2, 0) is 21.4 Å². The molecule has 0 bridgehead atoms. The van der Waals surface area contributed by atoms with Crippen molar-refractivity contribution in [2.24, 2.45) is 0 Å². The zero-order valence-corrected chi connectivity index (χ0v) is 22.1. The number of hydrogen-bond acceptors (Lipinski definition) is 5. The van der Waals surface area contributed by atoms with Gasteiger partial charge in [-0.25, -0.2) is 4.39 Å². The Morgan fingerprint density at radius 1 is 1.05 bits per heavy atom. The van der Waals surface area contributed by atoms with Gasteiger partial charge in [0.1, 0.15) is 17.2 Å². The molecule has 5 nitrogen and oxygen atoms in total. The molecule has 1 N–H and O–H groups in total. The third-order valence-corrected chi connectivity index (χ3v) is 7.34. The van der Waals surface area contributed by atoms with Crippen LogP contribution in [0.5, 0.6) is 0 Å². The maximum atomic E-state index is 13.5. The lowest BCUT2D eigenvalue weighted by molar-refractivity contribution is -0.146. The minimum absolute atomic E-state index is 0.118. The molecule has 1 aliphatic rings. The van der Waals surface area contributed by atoms with Gasteiger partial charge in [0.15, 0.2) is 5.76 Å². The van der Waals surface area contributed by atoms with Crippen LogP contribution in [-0.4, -0.2) is 23.8 Å². The molecular formula is C32H33FN2O3. The standard InChI is InChI=1S/C32H33FN2O3/c1-4-37-31(36)32(18-19-32)27-16-14-25(15-17-27)24-10-12-26(13-11-24)30-29(22(3)35-38-30)34-21(2)8-9-23-6-5-7-28(33)20-23/h5-7,10-17,20-21,34H,4,8-9,18-19H2,1-3H3. The molecule has 38 heavy (non-hydrogen) atoms. The van der Waals surface area contributed by atoms with E-state index >= 15 is 0 Å². The number of aryl methyl sites for hydroxylation is 2. The molecule has 0 amide bonds. The zero-order valence-electron chi connectivity index (χ0n) is 22.1. The molecule has 5 rings (SSSR count). The number of benzene rings is 3. The number of aromatic nitrogens is 1. The van der Waals surface area contributed by atoms with Crippen molar-refractivity contribution in [3.8, 4) is 22.5 Å². The lowest BCUT2D eigenvalue weighted by atomic mass is 9.93. The fraction of sp³-hybridized carbons (Fsp3) is 0.312. The van der Waals surface area contributed by atoms with E-state index in [1.54, 1.807) is 12.1 Å². The summed E-state index contributed by atoms with van der Waals surface area (Å²) in [5.41, 5.74) is 6.32. The summed E-state index contributed by atoms with van der Waals surface area (Å²) < 4.78 is 24.5. The highest BCUT2D eigenvalue weighted by molar-refractivity contribution is 5.87. The van der Waals surface area contributed by atoms with E-state index in [0.717, 1.165) is 64.9 Å². The normalized spacial score (nSPS) is 14.6. The van der Waals surface area contributed by atoms with Crippen LogP contribution in [0.4, 0.5) is 10.1 Å². The van der Waals surface area contributed by atoms with Crippen LogP contribution in [0.1, 0.15) is 49.9 Å². The van der Waals surface area contributed by atoms with Gasteiger partial charge in [-0.15, -0.1) is 0 Å². The van der Waals surface area contributed by atoms with E-state index < -0.39 is 5.41 Å². The second-order valence-corrected chi connectivity index (χ2v) is 10.1. The first-order valence-corrected chi connectivity index (χ1v) is 13.3. The number of ether oxygens (including phenoxy) is 1. The molecule has 1 heterocycles. The first-order valence-electron chi connectivity index (χ1n) is 13.3. The molecule has 0 saturated heterocycles. The molecule has 1 unspecified atom stereocenters. The van der Waals surface area contributed by atoms with Crippen LogP contribution in [0, 0.1) is 12.7 Å². The predicted molar refractivity (Wildman–Crippen MR) is 147 cm³/mol. The molecule has 1 saturated carbocycles. The van der Waals surface area contributed by atoms with Gasteiger partial charge in [-0.05, 0) is 80.8 Å². The summed E-state index contributed by atoms with van der Waals surface area (Å²) in [4.78, 5) is 12.4. The number of carbonyl (C=O) groups excluding carboxylic acids is 1. The number of rotatable bonds is 10. The van der Waals surface area contributed by atoms with Crippen molar-refractivity contribution in [3.05, 3.63) is 95.4 Å². The lowest BCUT2D eigenvalue weighted by Crippen LogP contribution is -2.23. The van der Waals surface area contributed by atoms with Crippen molar-refractivity contribution in [2.45, 2.75) is 57.9 Å². The van der Waals surface area contributed by atoms with Crippen LogP contribution in [0.3, 0.4) is 0 Å². The summed E-state index contributed by atoms with van der Waals surface area (Å²) in [6.45, 7) is 6.28. The van der Waals surface area contributed by atoms with Crippen molar-refractivity contribution in [1.82, 2.24) is 5.16 Å². The second-order valence-electron chi connectivity index (χ2n) is 10.1. The Morgan fingerprint density at radius 2 is 1.71 bits per heavy atom. The highest BCUT2D eigenvalue weighted by Gasteiger charge is 2.52. The number of esters is 1. The summed E-state index contributed by atoms with van der Waals surface area (Å²) in [5.74, 6) is 0.377. The molecule has 3 aromatic carbocycles. The Labute approximate surface area is 223 Å². The van der Waals surface area contributed by atoms with Crippen LogP contribution >= 0.6 is 0 Å². The van der Waals surface area contributed by atoms with Gasteiger partial charge in [0.2, 0.25) is 0 Å². The SMILES string of the molecule is CCOC(=O)C1(c2ccc(-c3ccc(-c4onc(C)c4NC(C)CCc4cccc(F)c4)cc3)cc2)CC1. The van der Waals surface area contributed by atoms with Gasteiger partial charge in [0.05, 0.1) is 12.0 Å². The maximum Gasteiger partial charge on any atom is 0.316 e. The minimum atomic E-state index is -0.458. The fourth-order valence-electron chi connectivity index (χ4n) is 4.93. The molecule has 1 aromatic heterocycles. The quantitative estimate of drug-likeness (QED) is 0.223. The first-order chi connectivity index (χ1) is 18.4. The first kappa shape index (κ1) is 25.7. The monoisotopic (exact) mass is 512 g/mol. The highest BCUT2D eigenvalue weighted by atomic mass is 19.1. The van der Waals surface area contributed by atoms with E-state index in [1.165, 1.54) is 6.07 Å². The van der Waals surface area contributed by atoms with Gasteiger partial charge in [-0.3, -0.25) is 4.79 Å². The smallest absolute Gasteiger partial charge is 0.316 e. The molecule has 0 spiro atoms. The van der Waals surface area contributed by atoms with Crippen molar-refractivity contribution in [1.29, 1.82) is 0 Å². The van der Waals surface area contributed by atoms with Gasteiger partial charge < -0.3 is 14.6 Å². The largest absolute Gasteiger partial charge is 0.465 e. The molecule has 1 fully saturated rings. The van der Waals surface area contributed by atoms with Crippen LogP contribution in [0.2, 0.25) is 0 Å². The fourth-order valence-corrected chi connectivity index (χ4v) is 4.93. The highest BCUT2D eigenvalue weighted by Crippen LogP contribution is 2.49. The number of hydrogen-bond donors (Lipinski definition) is 1. The van der Waals surface area contributed by atoms with Crippen LogP contribution in [0.25, 0.3) is 22.5 Å². The summed E-state index contributed by atoms with van der Waals surface area (Å²) in [6.07, 6.45) is 3.31. The average Bonchev–Trinajstić information content (AvgIpc) is 3.67. The van der Waals surface area contributed by atoms with E-state index in [9.17, 15) is 9.18 Å². The summed E-state index contributed by atoms with van der Waals surface area (Å²) in [7, 11) is 0. The van der Waals surface area contributed by atoms with Gasteiger partial charge >= 0.3 is 5.97 Å². The van der Waals surface area contributed by atoms with Crippen LogP contribution in [0.15, 0.2) is 77.3 Å². The molecule has 1 atom stereocenters. The number of halogens is 1. The number of nitrogens with one attached hydrogen (secondary N) is 1. The molecule has 1 aliphatic carbocycles. The average molecular weight is 513 g/mol. The van der Waals surface area contributed by atoms with E-state index in [4.69, 9.17) is 9.26 Å². The van der Waals surface area contributed by atoms with Crippen molar-refractivity contribution in [2.75, 3.05) is 11.9 Å². The Bertz CT molecular complexity index is 1410. The third-order valence-electron chi connectivity index (χ3n) is 7.34. The van der Waals surface area contributed by atoms with Crippen molar-refractivity contribution in [3.63, 3.8) is 0 Å². The number of carbonyl (C=O) groups is 1. The van der Waals surface area contributed by atoms with E-state index in [1.807, 2.05) is 44.2 Å². The summed E-state index contributed by atoms with van der Waals surface area (Å²) in [5, 5.41) is 7.74. The second kappa shape index (κ2) is 10.8. The van der Waals surface area contributed by atoms with Gasteiger partial charge in [0, 0.05) is 11.6 Å². The molecule has 196 valence electrons. The lowest BCUT2D eigenvalue weighted by Gasteiger charge is -2.16. The minimum Gasteiger partial charge on any atom is -0.465 e. The Kier molecular flexibility index (Phi) is 7.32. The maximum absolute atomic E-state index is 13.5. The third kappa shape index (κ3) is 5.35. The number of anilines is 1. The topological polar surface area (TPSA) is 64.4 Å². The summed E-state index contributed by atoms with van der Waals surface area (Å²) >= 11 is 0. The van der Waals surface area contributed by atoms with E-state index in [0.29, 0.717) is 12.4 Å². The number of nitrogens with zero attached hydrogens (tertiary/aromatic N) is 1. The molecule has 6 heteroatoms. The van der Waals surface area contributed by atoms with Crippen molar-refractivity contribution >= 4 is 11.7 Å². The zero-order chi connectivity index (χ0) is 26.7. The molecule has 0 aliphatic heterocycles.